The molecule has 6 nitrogen and oxygen atoms in total. The summed E-state index contributed by atoms with van der Waals surface area (Å²) in [6, 6.07) is 12.6. The third kappa shape index (κ3) is 3.67. The molecule has 2 heterocycles. The molecular weight excluding hydrogens is 389 g/mol. The first-order chi connectivity index (χ1) is 13.1. The zero-order valence-electron chi connectivity index (χ0n) is 13.7. The quantitative estimate of drug-likeness (QED) is 0.287. The van der Waals surface area contributed by atoms with E-state index in [1.165, 1.54) is 34.9 Å². The van der Waals surface area contributed by atoms with Gasteiger partial charge in [-0.25, -0.2) is 14.4 Å². The van der Waals surface area contributed by atoms with Crippen molar-refractivity contribution in [1.82, 2.24) is 25.0 Å². The Labute approximate surface area is 162 Å². The van der Waals surface area contributed by atoms with E-state index in [1.54, 1.807) is 36.4 Å². The maximum Gasteiger partial charge on any atom is 0.187 e. The summed E-state index contributed by atoms with van der Waals surface area (Å²) in [5, 5.41) is 9.33. The highest BCUT2D eigenvalue weighted by molar-refractivity contribution is 8.00. The maximum absolute atomic E-state index is 13.1. The summed E-state index contributed by atoms with van der Waals surface area (Å²) in [5.74, 6) is -0.193. The third-order valence-electron chi connectivity index (χ3n) is 3.78. The molecule has 0 bridgehead atoms. The molecule has 2 aromatic heterocycles. The van der Waals surface area contributed by atoms with Gasteiger partial charge in [0.15, 0.2) is 16.9 Å². The Kier molecular flexibility index (Phi) is 4.83. The summed E-state index contributed by atoms with van der Waals surface area (Å²) >= 11 is 7.10. The second-order valence-electron chi connectivity index (χ2n) is 5.55. The van der Waals surface area contributed by atoms with E-state index in [0.29, 0.717) is 32.5 Å². The highest BCUT2D eigenvalue weighted by Crippen LogP contribution is 2.25. The molecule has 4 rings (SSSR count). The number of ketones is 1. The van der Waals surface area contributed by atoms with Crippen molar-refractivity contribution >= 4 is 40.3 Å². The van der Waals surface area contributed by atoms with Gasteiger partial charge in [-0.2, -0.15) is 4.68 Å². The molecule has 0 amide bonds. The number of benzene rings is 2. The Morgan fingerprint density at radius 1 is 1.07 bits per heavy atom. The number of rotatable bonds is 5. The van der Waals surface area contributed by atoms with Gasteiger partial charge in [0.1, 0.15) is 17.2 Å². The van der Waals surface area contributed by atoms with Crippen LogP contribution in [0.15, 0.2) is 59.9 Å². The zero-order valence-corrected chi connectivity index (χ0v) is 15.3. The smallest absolute Gasteiger partial charge is 0.187 e. The Morgan fingerprint density at radius 2 is 1.81 bits per heavy atom. The van der Waals surface area contributed by atoms with Gasteiger partial charge in [0.05, 0.1) is 11.4 Å². The molecule has 134 valence electrons. The van der Waals surface area contributed by atoms with Crippen LogP contribution in [0.5, 0.6) is 0 Å². The monoisotopic (exact) mass is 399 g/mol. The fourth-order valence-electron chi connectivity index (χ4n) is 2.44. The molecule has 0 unspecified atom stereocenters. The summed E-state index contributed by atoms with van der Waals surface area (Å²) in [6.45, 7) is 0. The molecule has 0 N–H and O–H groups in total. The predicted molar refractivity (Wildman–Crippen MR) is 101 cm³/mol. The number of carbonyl (C=O) groups is 1. The highest BCUT2D eigenvalue weighted by atomic mass is 35.5. The molecular formula is C18H11ClFN5OS. The standard InChI is InChI=1S/C18H11ClFN5OS/c19-12-3-1-11(2-4-12)15(26)9-27-18-16-17(21-10-22-18)25(24-23-16)14-7-5-13(20)6-8-14/h1-8,10H,9H2. The maximum atomic E-state index is 13.1. The molecule has 27 heavy (non-hydrogen) atoms. The van der Waals surface area contributed by atoms with E-state index in [4.69, 9.17) is 11.6 Å². The molecule has 0 radical (unpaired) electrons. The minimum absolute atomic E-state index is 0.0469. The van der Waals surface area contributed by atoms with Gasteiger partial charge in [-0.3, -0.25) is 4.79 Å². The van der Waals surface area contributed by atoms with E-state index in [1.807, 2.05) is 0 Å². The molecule has 4 aromatic rings. The first-order valence-corrected chi connectivity index (χ1v) is 9.22. The Bertz CT molecular complexity index is 1120. The number of nitrogens with zero attached hydrogens (tertiary/aromatic N) is 5. The van der Waals surface area contributed by atoms with E-state index in [-0.39, 0.29) is 17.4 Å². The van der Waals surface area contributed by atoms with E-state index in [0.717, 1.165) is 0 Å². The van der Waals surface area contributed by atoms with Crippen molar-refractivity contribution in [1.29, 1.82) is 0 Å². The van der Waals surface area contributed by atoms with Crippen molar-refractivity contribution in [3.8, 4) is 5.69 Å². The van der Waals surface area contributed by atoms with Crippen molar-refractivity contribution in [2.75, 3.05) is 5.75 Å². The number of carbonyl (C=O) groups excluding carboxylic acids is 1. The molecule has 9 heteroatoms. The summed E-state index contributed by atoms with van der Waals surface area (Å²) < 4.78 is 14.6. The zero-order chi connectivity index (χ0) is 18.8. The van der Waals surface area contributed by atoms with E-state index < -0.39 is 0 Å². The third-order valence-corrected chi connectivity index (χ3v) is 5.01. The molecule has 2 aromatic carbocycles. The first-order valence-electron chi connectivity index (χ1n) is 7.86. The van der Waals surface area contributed by atoms with Crippen molar-refractivity contribution < 1.29 is 9.18 Å². The fraction of sp³-hybridized carbons (Fsp3) is 0.0556. The van der Waals surface area contributed by atoms with E-state index in [2.05, 4.69) is 20.3 Å². The number of Topliss-reactive ketones (excluding diaryl/α,β-unsaturated/α-hetero) is 1. The van der Waals surface area contributed by atoms with Gasteiger partial charge in [-0.1, -0.05) is 28.6 Å². The number of thioether (sulfide) groups is 1. The number of hydrogen-bond acceptors (Lipinski definition) is 6. The number of halogens is 2. The van der Waals surface area contributed by atoms with Crippen molar-refractivity contribution in [2.24, 2.45) is 0 Å². The van der Waals surface area contributed by atoms with Crippen molar-refractivity contribution in [3.63, 3.8) is 0 Å². The van der Waals surface area contributed by atoms with E-state index in [9.17, 15) is 9.18 Å². The van der Waals surface area contributed by atoms with Crippen LogP contribution in [0, 0.1) is 5.82 Å². The summed E-state index contributed by atoms with van der Waals surface area (Å²) in [6.07, 6.45) is 1.39. The molecule has 0 aliphatic heterocycles. The van der Waals surface area contributed by atoms with Gasteiger partial charge in [0.25, 0.3) is 0 Å². The van der Waals surface area contributed by atoms with Crippen molar-refractivity contribution in [2.45, 2.75) is 5.03 Å². The second-order valence-corrected chi connectivity index (χ2v) is 6.95. The lowest BCUT2D eigenvalue weighted by molar-refractivity contribution is 0.102. The summed E-state index contributed by atoms with van der Waals surface area (Å²) in [5.41, 5.74) is 2.17. The number of fused-ring (bicyclic) bond motifs is 1. The van der Waals surface area contributed by atoms with Crippen LogP contribution in [-0.2, 0) is 0 Å². The SMILES string of the molecule is O=C(CSc1ncnc2c1nnn2-c1ccc(F)cc1)c1ccc(Cl)cc1. The lowest BCUT2D eigenvalue weighted by atomic mass is 10.1. The van der Waals surface area contributed by atoms with Crippen LogP contribution in [0.3, 0.4) is 0 Å². The van der Waals surface area contributed by atoms with Crippen LogP contribution in [-0.4, -0.2) is 36.5 Å². The minimum Gasteiger partial charge on any atom is -0.293 e. The molecule has 0 atom stereocenters. The molecule has 0 fully saturated rings. The lowest BCUT2D eigenvalue weighted by Crippen LogP contribution is -2.03. The fourth-order valence-corrected chi connectivity index (χ4v) is 3.39. The molecule has 0 aliphatic rings. The van der Waals surface area contributed by atoms with Gasteiger partial charge in [0, 0.05) is 10.6 Å². The summed E-state index contributed by atoms with van der Waals surface area (Å²) in [7, 11) is 0. The number of hydrogen-bond donors (Lipinski definition) is 0. The van der Waals surface area contributed by atoms with Crippen molar-refractivity contribution in [3.05, 3.63) is 71.3 Å². The molecule has 0 aliphatic carbocycles. The first kappa shape index (κ1) is 17.6. The Hall–Kier alpha value is -2.84. The lowest BCUT2D eigenvalue weighted by Gasteiger charge is -2.03. The topological polar surface area (TPSA) is 73.6 Å². The predicted octanol–water partition coefficient (Wildman–Crippen LogP) is 3.98. The average molecular weight is 400 g/mol. The number of aromatic nitrogens is 5. The molecule has 0 saturated carbocycles. The van der Waals surface area contributed by atoms with Gasteiger partial charge in [-0.15, -0.1) is 5.10 Å². The average Bonchev–Trinajstić information content (AvgIpc) is 3.12. The normalized spacial score (nSPS) is 11.0. The minimum atomic E-state index is -0.338. The molecule has 0 spiro atoms. The Morgan fingerprint density at radius 3 is 2.56 bits per heavy atom. The second kappa shape index (κ2) is 7.42. The van der Waals surface area contributed by atoms with Crippen LogP contribution in [0.1, 0.15) is 10.4 Å². The van der Waals surface area contributed by atoms with E-state index >= 15 is 0 Å². The van der Waals surface area contributed by atoms with Crippen LogP contribution in [0.4, 0.5) is 4.39 Å². The summed E-state index contributed by atoms with van der Waals surface area (Å²) in [4.78, 5) is 20.8. The van der Waals surface area contributed by atoms with Gasteiger partial charge < -0.3 is 0 Å². The van der Waals surface area contributed by atoms with Gasteiger partial charge in [0.2, 0.25) is 0 Å². The van der Waals surface area contributed by atoms with Gasteiger partial charge in [-0.05, 0) is 48.5 Å². The van der Waals surface area contributed by atoms with Crippen LogP contribution in [0.2, 0.25) is 5.02 Å². The van der Waals surface area contributed by atoms with Crippen LogP contribution >= 0.6 is 23.4 Å². The van der Waals surface area contributed by atoms with Crippen LogP contribution < -0.4 is 0 Å². The largest absolute Gasteiger partial charge is 0.293 e. The Balaban J connectivity index is 1.58. The molecule has 0 saturated heterocycles. The van der Waals surface area contributed by atoms with Crippen LogP contribution in [0.25, 0.3) is 16.9 Å². The van der Waals surface area contributed by atoms with Gasteiger partial charge >= 0.3 is 0 Å². The highest BCUT2D eigenvalue weighted by Gasteiger charge is 2.15.